The number of carboxylic acids is 1. The molecule has 0 aromatic heterocycles. The van der Waals surface area contributed by atoms with Crippen LogP contribution in [0.25, 0.3) is 0 Å². The molecule has 4 atom stereocenters. The zero-order chi connectivity index (χ0) is 14.9. The summed E-state index contributed by atoms with van der Waals surface area (Å²) in [6.45, 7) is 7.03. The molecule has 1 saturated carbocycles. The van der Waals surface area contributed by atoms with E-state index in [0.29, 0.717) is 30.7 Å². The highest BCUT2D eigenvalue weighted by atomic mass is 16.4. The van der Waals surface area contributed by atoms with Crippen molar-refractivity contribution in [2.24, 2.45) is 23.7 Å². The first-order valence-electron chi connectivity index (χ1n) is 7.98. The maximum Gasteiger partial charge on any atom is 0.326 e. The molecule has 2 rings (SSSR count). The van der Waals surface area contributed by atoms with Gasteiger partial charge in [0, 0.05) is 13.0 Å². The summed E-state index contributed by atoms with van der Waals surface area (Å²) in [6, 6.07) is -0.570. The summed E-state index contributed by atoms with van der Waals surface area (Å²) < 4.78 is 0. The smallest absolute Gasteiger partial charge is 0.326 e. The second kappa shape index (κ2) is 6.15. The molecule has 114 valence electrons. The van der Waals surface area contributed by atoms with Gasteiger partial charge in [0.1, 0.15) is 6.04 Å². The van der Waals surface area contributed by atoms with Gasteiger partial charge >= 0.3 is 5.97 Å². The van der Waals surface area contributed by atoms with Crippen molar-refractivity contribution in [3.63, 3.8) is 0 Å². The van der Waals surface area contributed by atoms with Crippen LogP contribution in [0.4, 0.5) is 0 Å². The molecule has 0 aromatic rings. The van der Waals surface area contributed by atoms with Crippen LogP contribution in [0.2, 0.25) is 0 Å². The van der Waals surface area contributed by atoms with Gasteiger partial charge in [-0.25, -0.2) is 4.79 Å². The summed E-state index contributed by atoms with van der Waals surface area (Å²) in [6.07, 6.45) is 4.64. The third kappa shape index (κ3) is 2.84. The van der Waals surface area contributed by atoms with Crippen LogP contribution in [0.15, 0.2) is 0 Å². The molecular formula is C16H27NO3. The summed E-state index contributed by atoms with van der Waals surface area (Å²) in [7, 11) is 0. The van der Waals surface area contributed by atoms with Gasteiger partial charge in [0.15, 0.2) is 0 Å². The molecule has 0 aromatic carbocycles. The molecule has 0 bridgehead atoms. The largest absolute Gasteiger partial charge is 0.480 e. The summed E-state index contributed by atoms with van der Waals surface area (Å²) in [5, 5.41) is 9.49. The highest BCUT2D eigenvalue weighted by Crippen LogP contribution is 2.42. The Labute approximate surface area is 121 Å². The molecule has 4 unspecified atom stereocenters. The number of amides is 1. The number of carbonyl (C=O) groups excluding carboxylic acids is 1. The normalized spacial score (nSPS) is 30.6. The minimum atomic E-state index is -0.814. The first kappa shape index (κ1) is 15.3. The average Bonchev–Trinajstić information content (AvgIpc) is 2.93. The molecule has 1 amide bonds. The van der Waals surface area contributed by atoms with Crippen LogP contribution in [0.1, 0.15) is 52.9 Å². The lowest BCUT2D eigenvalue weighted by atomic mass is 9.89. The van der Waals surface area contributed by atoms with Crippen molar-refractivity contribution in [1.82, 2.24) is 4.90 Å². The van der Waals surface area contributed by atoms with Gasteiger partial charge in [0.25, 0.3) is 0 Å². The van der Waals surface area contributed by atoms with Crippen LogP contribution in [0, 0.1) is 23.7 Å². The third-order valence-corrected chi connectivity index (χ3v) is 5.37. The summed E-state index contributed by atoms with van der Waals surface area (Å²) in [5.74, 6) is 0.666. The van der Waals surface area contributed by atoms with Crippen molar-refractivity contribution in [3.05, 3.63) is 0 Å². The minimum absolute atomic E-state index is 0.0485. The molecule has 4 nitrogen and oxygen atoms in total. The average molecular weight is 281 g/mol. The summed E-state index contributed by atoms with van der Waals surface area (Å²) in [5.41, 5.74) is 0. The predicted molar refractivity (Wildman–Crippen MR) is 77.2 cm³/mol. The Morgan fingerprint density at radius 3 is 2.55 bits per heavy atom. The summed E-state index contributed by atoms with van der Waals surface area (Å²) in [4.78, 5) is 25.8. The van der Waals surface area contributed by atoms with Crippen molar-refractivity contribution in [2.75, 3.05) is 6.54 Å². The van der Waals surface area contributed by atoms with E-state index < -0.39 is 12.0 Å². The number of hydrogen-bond donors (Lipinski definition) is 1. The molecule has 1 aliphatic heterocycles. The molecule has 0 radical (unpaired) electrons. The topological polar surface area (TPSA) is 57.6 Å². The second-order valence-corrected chi connectivity index (χ2v) is 6.80. The van der Waals surface area contributed by atoms with Crippen molar-refractivity contribution in [2.45, 2.75) is 58.9 Å². The van der Waals surface area contributed by atoms with Crippen LogP contribution in [-0.2, 0) is 9.59 Å². The monoisotopic (exact) mass is 281 g/mol. The lowest BCUT2D eigenvalue weighted by Gasteiger charge is -2.27. The van der Waals surface area contributed by atoms with Crippen LogP contribution in [0.5, 0.6) is 0 Å². The molecule has 0 spiro atoms. The maximum absolute atomic E-state index is 12.5. The van der Waals surface area contributed by atoms with E-state index in [1.165, 1.54) is 0 Å². The Morgan fingerprint density at radius 2 is 2.00 bits per heavy atom. The van der Waals surface area contributed by atoms with E-state index in [2.05, 4.69) is 20.8 Å². The molecule has 2 fully saturated rings. The SMILES string of the molecule is CCC(CC(=O)N1CC2CCCC2C1C(=O)O)C(C)C. The predicted octanol–water partition coefficient (Wildman–Crippen LogP) is 2.77. The van der Waals surface area contributed by atoms with Gasteiger partial charge in [-0.3, -0.25) is 4.79 Å². The zero-order valence-electron chi connectivity index (χ0n) is 12.8. The molecule has 4 heteroatoms. The number of fused-ring (bicyclic) bond motifs is 1. The van der Waals surface area contributed by atoms with E-state index in [4.69, 9.17) is 0 Å². The van der Waals surface area contributed by atoms with Crippen molar-refractivity contribution in [1.29, 1.82) is 0 Å². The standard InChI is InChI=1S/C16H27NO3/c1-4-11(10(2)3)8-14(18)17-9-12-6-5-7-13(12)15(17)16(19)20/h10-13,15H,4-9H2,1-3H3,(H,19,20). The van der Waals surface area contributed by atoms with Gasteiger partial charge in [-0.1, -0.05) is 33.6 Å². The van der Waals surface area contributed by atoms with Gasteiger partial charge in [-0.05, 0) is 36.5 Å². The van der Waals surface area contributed by atoms with E-state index >= 15 is 0 Å². The number of rotatable bonds is 5. The fourth-order valence-electron chi connectivity index (χ4n) is 4.07. The molecule has 1 saturated heterocycles. The van der Waals surface area contributed by atoms with Crippen molar-refractivity contribution >= 4 is 11.9 Å². The van der Waals surface area contributed by atoms with E-state index in [9.17, 15) is 14.7 Å². The molecular weight excluding hydrogens is 254 g/mol. The van der Waals surface area contributed by atoms with Gasteiger partial charge in [-0.15, -0.1) is 0 Å². The second-order valence-electron chi connectivity index (χ2n) is 6.80. The van der Waals surface area contributed by atoms with Crippen LogP contribution in [-0.4, -0.2) is 34.5 Å². The van der Waals surface area contributed by atoms with Crippen LogP contribution >= 0.6 is 0 Å². The van der Waals surface area contributed by atoms with Crippen molar-refractivity contribution in [3.8, 4) is 0 Å². The molecule has 1 aliphatic carbocycles. The molecule has 2 aliphatic rings. The fourth-order valence-corrected chi connectivity index (χ4v) is 4.07. The zero-order valence-corrected chi connectivity index (χ0v) is 12.8. The Morgan fingerprint density at radius 1 is 1.30 bits per heavy atom. The number of hydrogen-bond acceptors (Lipinski definition) is 2. The Kier molecular flexibility index (Phi) is 4.71. The van der Waals surface area contributed by atoms with E-state index in [0.717, 1.165) is 25.7 Å². The molecule has 1 heterocycles. The number of likely N-dealkylation sites (tertiary alicyclic amines) is 1. The summed E-state index contributed by atoms with van der Waals surface area (Å²) >= 11 is 0. The third-order valence-electron chi connectivity index (χ3n) is 5.37. The van der Waals surface area contributed by atoms with Gasteiger partial charge in [0.05, 0.1) is 0 Å². The first-order valence-corrected chi connectivity index (χ1v) is 7.98. The fraction of sp³-hybridized carbons (Fsp3) is 0.875. The van der Waals surface area contributed by atoms with E-state index in [1.807, 2.05) is 0 Å². The number of carbonyl (C=O) groups is 2. The Balaban J connectivity index is 2.07. The van der Waals surface area contributed by atoms with Gasteiger partial charge < -0.3 is 10.0 Å². The maximum atomic E-state index is 12.5. The number of aliphatic carboxylic acids is 1. The lowest BCUT2D eigenvalue weighted by molar-refractivity contribution is -0.150. The Hall–Kier alpha value is -1.06. The Bertz CT molecular complexity index is 380. The van der Waals surface area contributed by atoms with Crippen molar-refractivity contribution < 1.29 is 14.7 Å². The highest BCUT2D eigenvalue weighted by molar-refractivity contribution is 5.85. The minimum Gasteiger partial charge on any atom is -0.480 e. The molecule has 1 N–H and O–H groups in total. The van der Waals surface area contributed by atoms with E-state index in [1.54, 1.807) is 4.90 Å². The van der Waals surface area contributed by atoms with Gasteiger partial charge in [0.2, 0.25) is 5.91 Å². The first-order chi connectivity index (χ1) is 9.45. The number of carboxylic acid groups (broad SMARTS) is 1. The highest BCUT2D eigenvalue weighted by Gasteiger charge is 2.49. The van der Waals surface area contributed by atoms with Gasteiger partial charge in [-0.2, -0.15) is 0 Å². The lowest BCUT2D eigenvalue weighted by Crippen LogP contribution is -2.44. The van der Waals surface area contributed by atoms with Crippen LogP contribution in [0.3, 0.4) is 0 Å². The van der Waals surface area contributed by atoms with E-state index in [-0.39, 0.29) is 11.8 Å². The van der Waals surface area contributed by atoms with Crippen LogP contribution < -0.4 is 0 Å². The number of nitrogens with zero attached hydrogens (tertiary/aromatic N) is 1. The quantitative estimate of drug-likeness (QED) is 0.843. The molecule has 20 heavy (non-hydrogen) atoms.